The average Bonchev–Trinajstić information content (AvgIpc) is 3.66. The molecular weight excluding hydrogens is 555 g/mol. The molecule has 1 aliphatic heterocycles. The van der Waals surface area contributed by atoms with Gasteiger partial charge in [0.25, 0.3) is 0 Å². The molecule has 2 atom stereocenters. The van der Waals surface area contributed by atoms with Gasteiger partial charge in [0.1, 0.15) is 17.2 Å². The standard InChI is InChI=1S/C36H49FN4O3/c1-6-40(17-15-35(13-14-35)33-38-31-25(4)7-8-26(5)32(31)39-33)18-16-36(44-34(42)41-19-21-43-22-20-41)12-11-27-23-28(37)9-10-29(27)30(36)24(2)3/h7-10,23-24,30H,6,11-22H2,1-5H3,(H,38,39)/t30-,36-/m0/s1. The molecule has 3 aromatic rings. The summed E-state index contributed by atoms with van der Waals surface area (Å²) in [7, 11) is 0. The van der Waals surface area contributed by atoms with E-state index in [-0.39, 0.29) is 29.2 Å². The number of imidazole rings is 1. The Balaban J connectivity index is 1.21. The maximum Gasteiger partial charge on any atom is 0.410 e. The number of carbonyl (C=O) groups excluding carboxylic acids is 1. The molecule has 2 aliphatic carbocycles. The number of aromatic nitrogens is 2. The Labute approximate surface area is 261 Å². The van der Waals surface area contributed by atoms with Gasteiger partial charge in [-0.3, -0.25) is 0 Å². The summed E-state index contributed by atoms with van der Waals surface area (Å²) in [5.41, 5.74) is 6.34. The van der Waals surface area contributed by atoms with Crippen LogP contribution in [0, 0.1) is 25.6 Å². The summed E-state index contributed by atoms with van der Waals surface area (Å²) >= 11 is 0. The fourth-order valence-electron chi connectivity index (χ4n) is 7.79. The van der Waals surface area contributed by atoms with Gasteiger partial charge in [-0.05, 0) is 99.3 Å². The quantitative estimate of drug-likeness (QED) is 0.269. The van der Waals surface area contributed by atoms with Gasteiger partial charge in [0.15, 0.2) is 0 Å². The molecule has 1 amide bonds. The fraction of sp³-hybridized carbons (Fsp3) is 0.611. The molecule has 7 nitrogen and oxygen atoms in total. The minimum absolute atomic E-state index is 0.00708. The van der Waals surface area contributed by atoms with Gasteiger partial charge in [0.2, 0.25) is 0 Å². The lowest BCUT2D eigenvalue weighted by Gasteiger charge is -2.48. The Kier molecular flexibility index (Phi) is 8.77. The molecule has 3 aliphatic rings. The lowest BCUT2D eigenvalue weighted by molar-refractivity contribution is -0.0676. The van der Waals surface area contributed by atoms with Crippen molar-refractivity contribution in [2.45, 2.75) is 90.1 Å². The summed E-state index contributed by atoms with van der Waals surface area (Å²) in [6.45, 7) is 15.8. The summed E-state index contributed by atoms with van der Waals surface area (Å²) < 4.78 is 26.4. The zero-order valence-corrected chi connectivity index (χ0v) is 27.2. The molecule has 1 N–H and O–H groups in total. The first kappa shape index (κ1) is 31.0. The summed E-state index contributed by atoms with van der Waals surface area (Å²) in [6.07, 6.45) is 5.26. The summed E-state index contributed by atoms with van der Waals surface area (Å²) in [5.74, 6) is 1.15. The van der Waals surface area contributed by atoms with E-state index in [2.05, 4.69) is 56.6 Å². The highest BCUT2D eigenvalue weighted by molar-refractivity contribution is 5.82. The van der Waals surface area contributed by atoms with E-state index in [9.17, 15) is 9.18 Å². The first-order valence-electron chi connectivity index (χ1n) is 16.7. The molecule has 0 radical (unpaired) electrons. The molecule has 1 aromatic heterocycles. The Bertz CT molecular complexity index is 1450. The van der Waals surface area contributed by atoms with Crippen LogP contribution in [0.4, 0.5) is 9.18 Å². The molecule has 238 valence electrons. The SMILES string of the molecule is CCN(CCC1(c2nc3c(C)ccc(C)c3[nH]2)CC1)CC[C@@]1(OC(=O)N2CCOCC2)CCc2cc(F)ccc2[C@@H]1C(C)C. The van der Waals surface area contributed by atoms with Crippen LogP contribution in [0.5, 0.6) is 0 Å². The predicted molar refractivity (Wildman–Crippen MR) is 172 cm³/mol. The van der Waals surface area contributed by atoms with Gasteiger partial charge in [0.05, 0.1) is 24.2 Å². The highest BCUT2D eigenvalue weighted by Gasteiger charge is 2.49. The number of aryl methyl sites for hydroxylation is 3. The maximum absolute atomic E-state index is 14.3. The number of amides is 1. The lowest BCUT2D eigenvalue weighted by Crippen LogP contribution is -2.52. The van der Waals surface area contributed by atoms with Crippen molar-refractivity contribution in [1.29, 1.82) is 0 Å². The topological polar surface area (TPSA) is 70.7 Å². The molecule has 8 heteroatoms. The number of aromatic amines is 1. The average molecular weight is 605 g/mol. The number of benzene rings is 2. The number of H-pyrrole nitrogens is 1. The van der Waals surface area contributed by atoms with E-state index in [1.807, 2.05) is 6.07 Å². The monoisotopic (exact) mass is 604 g/mol. The van der Waals surface area contributed by atoms with Crippen molar-refractivity contribution in [3.05, 3.63) is 64.2 Å². The van der Waals surface area contributed by atoms with E-state index in [4.69, 9.17) is 14.5 Å². The zero-order valence-electron chi connectivity index (χ0n) is 27.2. The van der Waals surface area contributed by atoms with Crippen molar-refractivity contribution < 1.29 is 18.7 Å². The molecule has 44 heavy (non-hydrogen) atoms. The van der Waals surface area contributed by atoms with Gasteiger partial charge in [-0.15, -0.1) is 0 Å². The third-order valence-corrected chi connectivity index (χ3v) is 10.7. The predicted octanol–water partition coefficient (Wildman–Crippen LogP) is 7.05. The number of ether oxygens (including phenoxy) is 2. The molecule has 0 spiro atoms. The van der Waals surface area contributed by atoms with E-state index in [0.717, 1.165) is 67.8 Å². The summed E-state index contributed by atoms with van der Waals surface area (Å²) in [4.78, 5) is 26.7. The van der Waals surface area contributed by atoms with Gasteiger partial charge in [-0.25, -0.2) is 14.2 Å². The molecular formula is C36H49FN4O3. The maximum atomic E-state index is 14.3. The lowest BCUT2D eigenvalue weighted by atomic mass is 9.65. The smallest absolute Gasteiger partial charge is 0.410 e. The van der Waals surface area contributed by atoms with Crippen molar-refractivity contribution in [2.24, 2.45) is 5.92 Å². The fourth-order valence-corrected chi connectivity index (χ4v) is 7.79. The molecule has 2 fully saturated rings. The molecule has 0 unspecified atom stereocenters. The second kappa shape index (κ2) is 12.4. The van der Waals surface area contributed by atoms with Crippen LogP contribution in [0.15, 0.2) is 30.3 Å². The van der Waals surface area contributed by atoms with Crippen molar-refractivity contribution in [3.8, 4) is 0 Å². The third kappa shape index (κ3) is 6.00. The highest BCUT2D eigenvalue weighted by Crippen LogP contribution is 2.51. The number of fused-ring (bicyclic) bond motifs is 2. The van der Waals surface area contributed by atoms with Crippen LogP contribution in [0.1, 0.15) is 86.9 Å². The van der Waals surface area contributed by atoms with Crippen LogP contribution < -0.4 is 0 Å². The molecule has 1 saturated carbocycles. The third-order valence-electron chi connectivity index (χ3n) is 10.7. The first-order valence-corrected chi connectivity index (χ1v) is 16.7. The van der Waals surface area contributed by atoms with Crippen LogP contribution in [0.3, 0.4) is 0 Å². The van der Waals surface area contributed by atoms with Crippen molar-refractivity contribution >= 4 is 17.1 Å². The number of nitrogens with one attached hydrogen (secondary N) is 1. The van der Waals surface area contributed by atoms with Crippen LogP contribution in [-0.2, 0) is 21.3 Å². The van der Waals surface area contributed by atoms with Crippen LogP contribution in [0.25, 0.3) is 11.0 Å². The van der Waals surface area contributed by atoms with Crippen molar-refractivity contribution in [1.82, 2.24) is 19.8 Å². The first-order chi connectivity index (χ1) is 21.1. The number of morpholine rings is 1. The van der Waals surface area contributed by atoms with Gasteiger partial charge in [-0.1, -0.05) is 39.0 Å². The molecule has 2 aromatic carbocycles. The number of rotatable bonds is 10. The summed E-state index contributed by atoms with van der Waals surface area (Å²) in [6, 6.07) is 9.49. The van der Waals surface area contributed by atoms with E-state index in [1.54, 1.807) is 17.0 Å². The minimum atomic E-state index is -0.660. The number of hydrogen-bond donors (Lipinski definition) is 1. The van der Waals surface area contributed by atoms with Gasteiger partial charge < -0.3 is 24.3 Å². The Morgan fingerprint density at radius 1 is 1.11 bits per heavy atom. The van der Waals surface area contributed by atoms with Crippen molar-refractivity contribution in [2.75, 3.05) is 45.9 Å². The Morgan fingerprint density at radius 3 is 2.52 bits per heavy atom. The van der Waals surface area contributed by atoms with E-state index in [1.165, 1.54) is 16.6 Å². The van der Waals surface area contributed by atoms with Gasteiger partial charge in [0, 0.05) is 37.4 Å². The number of carbonyl (C=O) groups is 1. The molecule has 0 bridgehead atoms. The number of halogens is 1. The normalized spacial score (nSPS) is 22.9. The second-order valence-corrected chi connectivity index (χ2v) is 13.8. The van der Waals surface area contributed by atoms with Gasteiger partial charge in [-0.2, -0.15) is 0 Å². The number of nitrogens with zero attached hydrogens (tertiary/aromatic N) is 3. The van der Waals surface area contributed by atoms with Crippen LogP contribution >= 0.6 is 0 Å². The van der Waals surface area contributed by atoms with Crippen molar-refractivity contribution in [3.63, 3.8) is 0 Å². The van der Waals surface area contributed by atoms with E-state index >= 15 is 0 Å². The van der Waals surface area contributed by atoms with E-state index < -0.39 is 5.60 Å². The second-order valence-electron chi connectivity index (χ2n) is 13.8. The summed E-state index contributed by atoms with van der Waals surface area (Å²) in [5, 5.41) is 0. The molecule has 2 heterocycles. The van der Waals surface area contributed by atoms with Gasteiger partial charge >= 0.3 is 6.09 Å². The Hall–Kier alpha value is -2.97. The Morgan fingerprint density at radius 2 is 1.84 bits per heavy atom. The molecule has 6 rings (SSSR count). The largest absolute Gasteiger partial charge is 0.442 e. The van der Waals surface area contributed by atoms with E-state index in [0.29, 0.717) is 39.1 Å². The molecule has 1 saturated heterocycles. The van der Waals surface area contributed by atoms with Crippen LogP contribution in [0.2, 0.25) is 0 Å². The zero-order chi connectivity index (χ0) is 31.1. The highest BCUT2D eigenvalue weighted by atomic mass is 19.1. The minimum Gasteiger partial charge on any atom is -0.442 e. The number of hydrogen-bond acceptors (Lipinski definition) is 5. The van der Waals surface area contributed by atoms with Crippen LogP contribution in [-0.4, -0.2) is 77.4 Å².